The first-order chi connectivity index (χ1) is 14.1. The largest absolute Gasteiger partial charge is 0.389 e. The van der Waals surface area contributed by atoms with E-state index in [0.29, 0.717) is 12.0 Å². The molecule has 0 saturated heterocycles. The molecule has 0 aliphatic carbocycles. The van der Waals surface area contributed by atoms with Crippen LogP contribution in [0.2, 0.25) is 0 Å². The summed E-state index contributed by atoms with van der Waals surface area (Å²) in [6.45, 7) is 2.71. The Balaban J connectivity index is 1.54. The maximum atomic E-state index is 13.1. The zero-order chi connectivity index (χ0) is 20.2. The number of fused-ring (bicyclic) bond motifs is 1. The zero-order valence-corrected chi connectivity index (χ0v) is 16.9. The molecule has 0 amide bonds. The van der Waals surface area contributed by atoms with Crippen LogP contribution >= 0.6 is 11.3 Å². The second-order valence-corrected chi connectivity index (χ2v) is 8.14. The third-order valence-corrected chi connectivity index (χ3v) is 5.76. The molecule has 148 valence electrons. The van der Waals surface area contributed by atoms with Crippen molar-refractivity contribution in [3.63, 3.8) is 0 Å². The van der Waals surface area contributed by atoms with Crippen molar-refractivity contribution in [1.82, 2.24) is 9.55 Å². The molecule has 0 spiro atoms. The minimum Gasteiger partial charge on any atom is -0.389 e. The normalized spacial score (nSPS) is 12.3. The molecule has 0 radical (unpaired) electrons. The fourth-order valence-corrected chi connectivity index (χ4v) is 4.39. The van der Waals surface area contributed by atoms with Crippen LogP contribution in [-0.2, 0) is 17.9 Å². The predicted molar refractivity (Wildman–Crippen MR) is 116 cm³/mol. The van der Waals surface area contributed by atoms with E-state index in [1.165, 1.54) is 22.2 Å². The molecule has 6 heteroatoms. The lowest BCUT2D eigenvalue weighted by Crippen LogP contribution is -2.29. The van der Waals surface area contributed by atoms with E-state index < -0.39 is 6.10 Å². The van der Waals surface area contributed by atoms with Crippen LogP contribution in [0, 0.1) is 6.92 Å². The van der Waals surface area contributed by atoms with Gasteiger partial charge in [-0.25, -0.2) is 4.98 Å². The first-order valence-electron chi connectivity index (χ1n) is 9.47. The number of aryl methyl sites for hydroxylation is 1. The lowest BCUT2D eigenvalue weighted by Gasteiger charge is -2.13. The number of aliphatic hydroxyl groups is 1. The van der Waals surface area contributed by atoms with Gasteiger partial charge in [0.1, 0.15) is 4.83 Å². The Morgan fingerprint density at radius 3 is 2.52 bits per heavy atom. The lowest BCUT2D eigenvalue weighted by molar-refractivity contribution is 0.0198. The SMILES string of the molecule is Cc1sc2ncn(CC(O)COCc3ccccc3)c(=O)c2c1-c1ccccc1. The summed E-state index contributed by atoms with van der Waals surface area (Å²) in [7, 11) is 0. The van der Waals surface area contributed by atoms with Crippen LogP contribution in [0.5, 0.6) is 0 Å². The topological polar surface area (TPSA) is 64.3 Å². The summed E-state index contributed by atoms with van der Waals surface area (Å²) in [6.07, 6.45) is 0.714. The fourth-order valence-electron chi connectivity index (χ4n) is 3.39. The Morgan fingerprint density at radius 2 is 1.79 bits per heavy atom. The third-order valence-electron chi connectivity index (χ3n) is 4.75. The van der Waals surface area contributed by atoms with Crippen LogP contribution in [0.3, 0.4) is 0 Å². The van der Waals surface area contributed by atoms with Crippen molar-refractivity contribution in [1.29, 1.82) is 0 Å². The van der Waals surface area contributed by atoms with Crippen molar-refractivity contribution in [2.75, 3.05) is 6.61 Å². The van der Waals surface area contributed by atoms with Crippen molar-refractivity contribution in [2.24, 2.45) is 0 Å². The van der Waals surface area contributed by atoms with Crippen molar-refractivity contribution >= 4 is 21.6 Å². The summed E-state index contributed by atoms with van der Waals surface area (Å²) in [5.74, 6) is 0. The Labute approximate surface area is 172 Å². The summed E-state index contributed by atoms with van der Waals surface area (Å²) < 4.78 is 7.06. The van der Waals surface area contributed by atoms with E-state index >= 15 is 0 Å². The standard InChI is InChI=1S/C23H22N2O3S/c1-16-20(18-10-6-3-7-11-18)21-22(29-16)24-15-25(23(21)27)12-19(26)14-28-13-17-8-4-2-5-9-17/h2-11,15,19,26H,12-14H2,1H3. The van der Waals surface area contributed by atoms with Crippen molar-refractivity contribution in [3.8, 4) is 11.1 Å². The molecule has 0 bridgehead atoms. The average molecular weight is 407 g/mol. The number of benzene rings is 2. The van der Waals surface area contributed by atoms with Crippen LogP contribution < -0.4 is 5.56 Å². The van der Waals surface area contributed by atoms with E-state index in [1.807, 2.05) is 67.6 Å². The molecule has 0 fully saturated rings. The van der Waals surface area contributed by atoms with Gasteiger partial charge in [-0.2, -0.15) is 0 Å². The van der Waals surface area contributed by atoms with Gasteiger partial charge in [-0.05, 0) is 18.1 Å². The number of hydrogen-bond acceptors (Lipinski definition) is 5. The van der Waals surface area contributed by atoms with Crippen LogP contribution in [-0.4, -0.2) is 27.4 Å². The van der Waals surface area contributed by atoms with Gasteiger partial charge in [0.15, 0.2) is 0 Å². The van der Waals surface area contributed by atoms with E-state index in [4.69, 9.17) is 4.74 Å². The monoisotopic (exact) mass is 406 g/mol. The Hall–Kier alpha value is -2.80. The minimum absolute atomic E-state index is 0.139. The number of rotatable bonds is 7. The molecular weight excluding hydrogens is 384 g/mol. The summed E-state index contributed by atoms with van der Waals surface area (Å²) >= 11 is 1.52. The number of ether oxygens (including phenoxy) is 1. The van der Waals surface area contributed by atoms with Gasteiger partial charge in [0.05, 0.1) is 37.6 Å². The summed E-state index contributed by atoms with van der Waals surface area (Å²) in [5.41, 5.74) is 2.83. The molecule has 1 unspecified atom stereocenters. The van der Waals surface area contributed by atoms with Gasteiger partial charge in [-0.15, -0.1) is 11.3 Å². The van der Waals surface area contributed by atoms with Gasteiger partial charge < -0.3 is 9.84 Å². The third kappa shape index (κ3) is 4.29. The minimum atomic E-state index is -0.796. The van der Waals surface area contributed by atoms with Gasteiger partial charge in [0.25, 0.3) is 5.56 Å². The van der Waals surface area contributed by atoms with Crippen LogP contribution in [0.1, 0.15) is 10.4 Å². The second-order valence-electron chi connectivity index (χ2n) is 6.94. The Bertz CT molecular complexity index is 1150. The molecular formula is C23H22N2O3S. The highest BCUT2D eigenvalue weighted by molar-refractivity contribution is 7.19. The maximum Gasteiger partial charge on any atom is 0.262 e. The first-order valence-corrected chi connectivity index (χ1v) is 10.3. The highest BCUT2D eigenvalue weighted by atomic mass is 32.1. The van der Waals surface area contributed by atoms with Gasteiger partial charge in [0, 0.05) is 10.4 Å². The number of aromatic nitrogens is 2. The van der Waals surface area contributed by atoms with Gasteiger partial charge >= 0.3 is 0 Å². The smallest absolute Gasteiger partial charge is 0.262 e. The van der Waals surface area contributed by atoms with Gasteiger partial charge in [0.2, 0.25) is 0 Å². The zero-order valence-electron chi connectivity index (χ0n) is 16.1. The molecule has 1 N–H and O–H groups in total. The number of thiophene rings is 1. The molecule has 0 aliphatic heterocycles. The highest BCUT2D eigenvalue weighted by Gasteiger charge is 2.17. The first kappa shape index (κ1) is 19.5. The van der Waals surface area contributed by atoms with Crippen LogP contribution in [0.4, 0.5) is 0 Å². The second kappa shape index (κ2) is 8.69. The van der Waals surface area contributed by atoms with Crippen LogP contribution in [0.15, 0.2) is 71.8 Å². The van der Waals surface area contributed by atoms with E-state index in [-0.39, 0.29) is 18.7 Å². The lowest BCUT2D eigenvalue weighted by atomic mass is 10.0. The molecule has 5 nitrogen and oxygen atoms in total. The molecule has 1 atom stereocenters. The van der Waals surface area contributed by atoms with Crippen molar-refractivity contribution in [3.05, 3.63) is 87.8 Å². The Kier molecular flexibility index (Phi) is 5.85. The van der Waals surface area contributed by atoms with E-state index in [0.717, 1.165) is 26.4 Å². The number of hydrogen-bond donors (Lipinski definition) is 1. The molecule has 2 heterocycles. The van der Waals surface area contributed by atoms with Crippen molar-refractivity contribution in [2.45, 2.75) is 26.2 Å². The van der Waals surface area contributed by atoms with E-state index in [2.05, 4.69) is 4.98 Å². The van der Waals surface area contributed by atoms with Crippen LogP contribution in [0.25, 0.3) is 21.3 Å². The van der Waals surface area contributed by atoms with Crippen molar-refractivity contribution < 1.29 is 9.84 Å². The average Bonchev–Trinajstić information content (AvgIpc) is 3.08. The van der Waals surface area contributed by atoms with E-state index in [1.54, 1.807) is 0 Å². The molecule has 4 aromatic rings. The molecule has 0 aliphatic rings. The summed E-state index contributed by atoms with van der Waals surface area (Å²) in [4.78, 5) is 19.4. The fraction of sp³-hybridized carbons (Fsp3) is 0.217. The van der Waals surface area contributed by atoms with Gasteiger partial charge in [-0.3, -0.25) is 9.36 Å². The highest BCUT2D eigenvalue weighted by Crippen LogP contribution is 2.35. The number of nitrogens with zero attached hydrogens (tertiary/aromatic N) is 2. The molecule has 2 aromatic heterocycles. The molecule has 2 aromatic carbocycles. The van der Waals surface area contributed by atoms with Gasteiger partial charge in [-0.1, -0.05) is 60.7 Å². The summed E-state index contributed by atoms with van der Waals surface area (Å²) in [6, 6.07) is 19.7. The molecule has 4 rings (SSSR count). The number of aliphatic hydroxyl groups excluding tert-OH is 1. The van der Waals surface area contributed by atoms with E-state index in [9.17, 15) is 9.90 Å². The Morgan fingerprint density at radius 1 is 1.10 bits per heavy atom. The molecule has 0 saturated carbocycles. The quantitative estimate of drug-likeness (QED) is 0.504. The predicted octanol–water partition coefficient (Wildman–Crippen LogP) is 4.01. The summed E-state index contributed by atoms with van der Waals surface area (Å²) in [5, 5.41) is 11.0. The molecule has 29 heavy (non-hydrogen) atoms. The maximum absolute atomic E-state index is 13.1.